The number of rotatable bonds is 2. The maximum absolute atomic E-state index is 5.46. The van der Waals surface area contributed by atoms with Crippen LogP contribution in [0.2, 0.25) is 0 Å². The number of hydrogen-bond donors (Lipinski definition) is 1. The molecule has 6 nitrogen and oxygen atoms in total. The van der Waals surface area contributed by atoms with Crippen LogP contribution in [0.3, 0.4) is 0 Å². The van der Waals surface area contributed by atoms with E-state index in [9.17, 15) is 0 Å². The summed E-state index contributed by atoms with van der Waals surface area (Å²) in [4.78, 5) is 0. The SMILES string of the molecule is Cc1nn(C)cc1Cn1cc(N)nn1. The third-order valence-electron chi connectivity index (χ3n) is 2.00. The third-order valence-corrected chi connectivity index (χ3v) is 2.00. The molecule has 2 rings (SSSR count). The number of aryl methyl sites for hydroxylation is 2. The lowest BCUT2D eigenvalue weighted by atomic mass is 10.3. The van der Waals surface area contributed by atoms with Gasteiger partial charge in [0.2, 0.25) is 0 Å². The van der Waals surface area contributed by atoms with E-state index < -0.39 is 0 Å². The third kappa shape index (κ3) is 1.59. The molecule has 0 saturated carbocycles. The normalized spacial score (nSPS) is 10.7. The van der Waals surface area contributed by atoms with E-state index in [-0.39, 0.29) is 0 Å². The number of nitrogen functional groups attached to an aromatic ring is 1. The summed E-state index contributed by atoms with van der Waals surface area (Å²) in [6.45, 7) is 2.62. The zero-order valence-corrected chi connectivity index (χ0v) is 8.18. The van der Waals surface area contributed by atoms with E-state index in [4.69, 9.17) is 5.73 Å². The Balaban J connectivity index is 2.22. The molecule has 0 aliphatic carbocycles. The number of nitrogens with zero attached hydrogens (tertiary/aromatic N) is 5. The van der Waals surface area contributed by atoms with E-state index in [0.717, 1.165) is 11.3 Å². The van der Waals surface area contributed by atoms with Crippen LogP contribution in [-0.2, 0) is 13.6 Å². The summed E-state index contributed by atoms with van der Waals surface area (Å²) in [7, 11) is 1.90. The molecule has 0 bridgehead atoms. The van der Waals surface area contributed by atoms with Gasteiger partial charge in [0.25, 0.3) is 0 Å². The predicted molar refractivity (Wildman–Crippen MR) is 51.5 cm³/mol. The lowest BCUT2D eigenvalue weighted by Crippen LogP contribution is -2.00. The van der Waals surface area contributed by atoms with Crippen molar-refractivity contribution in [2.45, 2.75) is 13.5 Å². The van der Waals surface area contributed by atoms with E-state index in [1.165, 1.54) is 0 Å². The quantitative estimate of drug-likeness (QED) is 0.724. The van der Waals surface area contributed by atoms with Crippen molar-refractivity contribution >= 4 is 5.82 Å². The standard InChI is InChI=1S/C8H12N6/c1-6-7(3-13(2)11-6)4-14-5-8(9)10-12-14/h3,5H,4,9H2,1-2H3. The Morgan fingerprint density at radius 2 is 2.21 bits per heavy atom. The van der Waals surface area contributed by atoms with Gasteiger partial charge in [-0.2, -0.15) is 5.10 Å². The Bertz CT molecular complexity index is 440. The number of nitrogens with two attached hydrogens (primary N) is 1. The first-order valence-electron chi connectivity index (χ1n) is 4.30. The second-order valence-electron chi connectivity index (χ2n) is 3.25. The highest BCUT2D eigenvalue weighted by atomic mass is 15.4. The van der Waals surface area contributed by atoms with Crippen LogP contribution >= 0.6 is 0 Å². The van der Waals surface area contributed by atoms with Crippen molar-refractivity contribution in [2.75, 3.05) is 5.73 Å². The molecule has 74 valence electrons. The van der Waals surface area contributed by atoms with Gasteiger partial charge in [0.15, 0.2) is 5.82 Å². The molecule has 0 radical (unpaired) electrons. The predicted octanol–water partition coefficient (Wildman–Crippen LogP) is -0.0495. The van der Waals surface area contributed by atoms with Gasteiger partial charge in [-0.25, -0.2) is 4.68 Å². The summed E-state index contributed by atoms with van der Waals surface area (Å²) in [6, 6.07) is 0. The Hall–Kier alpha value is -1.85. The van der Waals surface area contributed by atoms with E-state index >= 15 is 0 Å². The van der Waals surface area contributed by atoms with Gasteiger partial charge in [-0.15, -0.1) is 5.10 Å². The van der Waals surface area contributed by atoms with E-state index in [1.807, 2.05) is 20.2 Å². The van der Waals surface area contributed by atoms with Crippen LogP contribution in [0.4, 0.5) is 5.82 Å². The Morgan fingerprint density at radius 3 is 2.71 bits per heavy atom. The van der Waals surface area contributed by atoms with Gasteiger partial charge in [0, 0.05) is 18.8 Å². The van der Waals surface area contributed by atoms with E-state index in [0.29, 0.717) is 12.4 Å². The van der Waals surface area contributed by atoms with Gasteiger partial charge < -0.3 is 5.73 Å². The van der Waals surface area contributed by atoms with Gasteiger partial charge >= 0.3 is 0 Å². The van der Waals surface area contributed by atoms with Crippen LogP contribution in [0.15, 0.2) is 12.4 Å². The van der Waals surface area contributed by atoms with Crippen molar-refractivity contribution in [3.63, 3.8) is 0 Å². The van der Waals surface area contributed by atoms with Gasteiger partial charge in [-0.3, -0.25) is 4.68 Å². The topological polar surface area (TPSA) is 74.5 Å². The smallest absolute Gasteiger partial charge is 0.165 e. The molecule has 2 aromatic heterocycles. The molecule has 0 amide bonds. The lowest BCUT2D eigenvalue weighted by Gasteiger charge is -1.96. The maximum atomic E-state index is 5.46. The van der Waals surface area contributed by atoms with Gasteiger partial charge in [-0.05, 0) is 6.92 Å². The number of hydrogen-bond acceptors (Lipinski definition) is 4. The van der Waals surface area contributed by atoms with Crippen molar-refractivity contribution in [1.29, 1.82) is 0 Å². The summed E-state index contributed by atoms with van der Waals surface area (Å²) in [5.74, 6) is 0.437. The van der Waals surface area contributed by atoms with Crippen molar-refractivity contribution in [3.05, 3.63) is 23.7 Å². The molecule has 2 heterocycles. The highest BCUT2D eigenvalue weighted by Crippen LogP contribution is 2.06. The summed E-state index contributed by atoms with van der Waals surface area (Å²) in [5, 5.41) is 11.8. The minimum atomic E-state index is 0.437. The van der Waals surface area contributed by atoms with Crippen LogP contribution in [0.1, 0.15) is 11.3 Å². The molecule has 0 atom stereocenters. The first-order chi connectivity index (χ1) is 6.65. The maximum Gasteiger partial charge on any atom is 0.165 e. The molecule has 0 aromatic carbocycles. The van der Waals surface area contributed by atoms with Crippen molar-refractivity contribution in [3.8, 4) is 0 Å². The second kappa shape index (κ2) is 3.13. The molecular weight excluding hydrogens is 180 g/mol. The molecule has 2 aromatic rings. The molecule has 0 aliphatic rings. The molecule has 2 N–H and O–H groups in total. The van der Waals surface area contributed by atoms with Crippen LogP contribution in [0.5, 0.6) is 0 Å². The summed E-state index contributed by atoms with van der Waals surface area (Å²) in [6.07, 6.45) is 3.67. The summed E-state index contributed by atoms with van der Waals surface area (Å²) in [5.41, 5.74) is 7.58. The first kappa shape index (κ1) is 8.74. The number of anilines is 1. The Morgan fingerprint density at radius 1 is 1.43 bits per heavy atom. The molecule has 0 spiro atoms. The molecule has 14 heavy (non-hydrogen) atoms. The minimum absolute atomic E-state index is 0.437. The minimum Gasteiger partial charge on any atom is -0.381 e. The van der Waals surface area contributed by atoms with E-state index in [2.05, 4.69) is 15.4 Å². The van der Waals surface area contributed by atoms with Gasteiger partial charge in [-0.1, -0.05) is 5.21 Å². The monoisotopic (exact) mass is 192 g/mol. The van der Waals surface area contributed by atoms with Crippen LogP contribution in [-0.4, -0.2) is 24.8 Å². The fraction of sp³-hybridized carbons (Fsp3) is 0.375. The molecular formula is C8H12N6. The largest absolute Gasteiger partial charge is 0.381 e. The van der Waals surface area contributed by atoms with Crippen LogP contribution in [0.25, 0.3) is 0 Å². The molecule has 0 fully saturated rings. The van der Waals surface area contributed by atoms with Crippen molar-refractivity contribution in [2.24, 2.45) is 7.05 Å². The summed E-state index contributed by atoms with van der Waals surface area (Å²) >= 11 is 0. The Kier molecular flexibility index (Phi) is 1.95. The molecule has 0 aliphatic heterocycles. The highest BCUT2D eigenvalue weighted by molar-refractivity contribution is 5.21. The summed E-state index contributed by atoms with van der Waals surface area (Å²) < 4.78 is 3.48. The molecule has 0 saturated heterocycles. The fourth-order valence-electron chi connectivity index (χ4n) is 1.37. The molecule has 6 heteroatoms. The van der Waals surface area contributed by atoms with Crippen LogP contribution < -0.4 is 5.73 Å². The molecule has 0 unspecified atom stereocenters. The van der Waals surface area contributed by atoms with Gasteiger partial charge in [0.05, 0.1) is 18.4 Å². The van der Waals surface area contributed by atoms with E-state index in [1.54, 1.807) is 15.6 Å². The average Bonchev–Trinajstić information content (AvgIpc) is 2.61. The highest BCUT2D eigenvalue weighted by Gasteiger charge is 2.04. The van der Waals surface area contributed by atoms with Crippen molar-refractivity contribution < 1.29 is 0 Å². The lowest BCUT2D eigenvalue weighted by molar-refractivity contribution is 0.647. The van der Waals surface area contributed by atoms with Crippen LogP contribution in [0, 0.1) is 6.92 Å². The van der Waals surface area contributed by atoms with Crippen molar-refractivity contribution in [1.82, 2.24) is 24.8 Å². The zero-order chi connectivity index (χ0) is 10.1. The second-order valence-corrected chi connectivity index (χ2v) is 3.25. The zero-order valence-electron chi connectivity index (χ0n) is 8.18. The fourth-order valence-corrected chi connectivity index (χ4v) is 1.37. The first-order valence-corrected chi connectivity index (χ1v) is 4.30. The average molecular weight is 192 g/mol. The number of aromatic nitrogens is 5. The van der Waals surface area contributed by atoms with Gasteiger partial charge in [0.1, 0.15) is 0 Å². The Labute approximate surface area is 81.3 Å².